The van der Waals surface area contributed by atoms with Gasteiger partial charge < -0.3 is 15.3 Å². The number of carbonyl (C=O) groups excluding carboxylic acids is 1. The third kappa shape index (κ3) is 3.40. The topological polar surface area (TPSA) is 116 Å². The van der Waals surface area contributed by atoms with Crippen molar-refractivity contribution in [2.75, 3.05) is 13.2 Å². The Morgan fingerprint density at radius 3 is 2.36 bits per heavy atom. The Morgan fingerprint density at radius 1 is 1.45 bits per heavy atom. The summed E-state index contributed by atoms with van der Waals surface area (Å²) < 4.78 is 0. The normalized spacial score (nSPS) is 16.0. The number of carbonyl (C=O) groups is 1. The quantitative estimate of drug-likeness (QED) is 0.215. The summed E-state index contributed by atoms with van der Waals surface area (Å²) in [6.07, 6.45) is -2.90. The zero-order valence-electron chi connectivity index (χ0n) is 5.90. The molecule has 6 nitrogen and oxygen atoms in total. The predicted octanol–water partition coefficient (Wildman–Crippen LogP) is -3.27. The first-order chi connectivity index (χ1) is 5.13. The van der Waals surface area contributed by atoms with Crippen LogP contribution in [0.5, 0.6) is 0 Å². The largest absolute Gasteiger partial charge is 0.393 e. The van der Waals surface area contributed by atoms with E-state index >= 15 is 0 Å². The Hall–Kier alpha value is -0.530. The number of rotatable bonds is 5. The van der Waals surface area contributed by atoms with E-state index in [0.29, 0.717) is 0 Å². The molecule has 0 heterocycles. The second-order valence-electron chi connectivity index (χ2n) is 2.02. The fraction of sp³-hybridized carbons (Fsp3) is 0.800. The lowest BCUT2D eigenvalue weighted by Crippen LogP contribution is -2.42. The van der Waals surface area contributed by atoms with Crippen molar-refractivity contribution in [2.24, 2.45) is 5.84 Å². The maximum absolute atomic E-state index is 10.7. The van der Waals surface area contributed by atoms with Crippen molar-refractivity contribution in [3.63, 3.8) is 0 Å². The van der Waals surface area contributed by atoms with Gasteiger partial charge in [-0.3, -0.25) is 16.1 Å². The van der Waals surface area contributed by atoms with Crippen molar-refractivity contribution in [2.45, 2.75) is 12.2 Å². The average Bonchev–Trinajstić information content (AvgIpc) is 2.02. The number of hydrogen-bond donors (Lipinski definition) is 5. The maximum atomic E-state index is 10.7. The number of ketones is 1. The van der Waals surface area contributed by atoms with Gasteiger partial charge >= 0.3 is 0 Å². The fourth-order valence-corrected chi connectivity index (χ4v) is 0.524. The van der Waals surface area contributed by atoms with Gasteiger partial charge in [-0.05, 0) is 0 Å². The maximum Gasteiger partial charge on any atom is 0.193 e. The van der Waals surface area contributed by atoms with Gasteiger partial charge in [-0.15, -0.1) is 0 Å². The van der Waals surface area contributed by atoms with Crippen LogP contribution in [-0.2, 0) is 4.79 Å². The molecule has 0 spiro atoms. The molecule has 2 atom stereocenters. The van der Waals surface area contributed by atoms with Crippen LogP contribution in [-0.4, -0.2) is 46.5 Å². The average molecular weight is 164 g/mol. The van der Waals surface area contributed by atoms with Gasteiger partial charge in [0.25, 0.3) is 0 Å². The van der Waals surface area contributed by atoms with Gasteiger partial charge in [-0.25, -0.2) is 0 Å². The van der Waals surface area contributed by atoms with E-state index in [0.717, 1.165) is 0 Å². The molecule has 0 unspecified atom stereocenters. The molecule has 6 N–H and O–H groups in total. The summed E-state index contributed by atoms with van der Waals surface area (Å²) >= 11 is 0. The smallest absolute Gasteiger partial charge is 0.193 e. The molecule has 0 radical (unpaired) electrons. The summed E-state index contributed by atoms with van der Waals surface area (Å²) in [6.45, 7) is -0.837. The molecule has 0 aromatic rings. The number of nitrogens with one attached hydrogen (secondary N) is 1. The van der Waals surface area contributed by atoms with E-state index in [4.69, 9.17) is 21.2 Å². The first kappa shape index (κ1) is 10.5. The molecule has 0 aromatic carbocycles. The van der Waals surface area contributed by atoms with Gasteiger partial charge in [0.1, 0.15) is 12.2 Å². The first-order valence-electron chi connectivity index (χ1n) is 3.07. The zero-order chi connectivity index (χ0) is 8.85. The molecule has 0 saturated carbocycles. The van der Waals surface area contributed by atoms with Crippen LogP contribution < -0.4 is 11.3 Å². The Kier molecular flexibility index (Phi) is 4.92. The number of Topliss-reactive ketones (excluding diaryl/α,β-unsaturated/α-hetero) is 1. The molecule has 0 bridgehead atoms. The molecule has 0 aliphatic carbocycles. The Balaban J connectivity index is 3.81. The molecule has 0 aliphatic heterocycles. The minimum atomic E-state index is -1.53. The number of hydrogen-bond acceptors (Lipinski definition) is 6. The van der Waals surface area contributed by atoms with Crippen molar-refractivity contribution >= 4 is 5.78 Å². The van der Waals surface area contributed by atoms with Crippen molar-refractivity contribution in [1.82, 2.24) is 5.43 Å². The van der Waals surface area contributed by atoms with Gasteiger partial charge in [-0.1, -0.05) is 0 Å². The molecule has 66 valence electrons. The Morgan fingerprint density at radius 2 is 2.00 bits per heavy atom. The summed E-state index contributed by atoms with van der Waals surface area (Å²) in [4.78, 5) is 10.7. The summed E-state index contributed by atoms with van der Waals surface area (Å²) in [5, 5.41) is 25.8. The second kappa shape index (κ2) is 5.16. The highest BCUT2D eigenvalue weighted by molar-refractivity contribution is 5.87. The van der Waals surface area contributed by atoms with Gasteiger partial charge in [-0.2, -0.15) is 0 Å². The summed E-state index contributed by atoms with van der Waals surface area (Å²) in [5.41, 5.74) is 2.06. The number of hydrazine groups is 1. The van der Waals surface area contributed by atoms with E-state index in [1.54, 1.807) is 0 Å². The van der Waals surface area contributed by atoms with E-state index < -0.39 is 24.6 Å². The van der Waals surface area contributed by atoms with Crippen molar-refractivity contribution in [3.8, 4) is 0 Å². The van der Waals surface area contributed by atoms with Gasteiger partial charge in [0.2, 0.25) is 0 Å². The van der Waals surface area contributed by atoms with Crippen LogP contribution in [0.25, 0.3) is 0 Å². The SMILES string of the molecule is NNC[C@H](O)C(=O)[C@H](O)CO. The van der Waals surface area contributed by atoms with Crippen LogP contribution in [0.4, 0.5) is 0 Å². The Bertz CT molecular complexity index is 130. The van der Waals surface area contributed by atoms with Crippen LogP contribution in [0, 0.1) is 0 Å². The molecular weight excluding hydrogens is 152 g/mol. The lowest BCUT2D eigenvalue weighted by Gasteiger charge is -2.11. The molecule has 0 saturated heterocycles. The van der Waals surface area contributed by atoms with E-state index in [-0.39, 0.29) is 6.54 Å². The van der Waals surface area contributed by atoms with Crippen LogP contribution in [0.1, 0.15) is 0 Å². The molecule has 0 amide bonds. The van der Waals surface area contributed by atoms with E-state index in [9.17, 15) is 4.79 Å². The van der Waals surface area contributed by atoms with E-state index in [1.807, 2.05) is 0 Å². The third-order valence-electron chi connectivity index (χ3n) is 1.14. The minimum Gasteiger partial charge on any atom is -0.393 e. The summed E-state index contributed by atoms with van der Waals surface area (Å²) in [7, 11) is 0. The summed E-state index contributed by atoms with van der Waals surface area (Å²) in [5.74, 6) is 3.96. The number of aliphatic hydroxyl groups is 3. The number of nitrogens with two attached hydrogens (primary N) is 1. The monoisotopic (exact) mass is 164 g/mol. The zero-order valence-corrected chi connectivity index (χ0v) is 5.90. The van der Waals surface area contributed by atoms with Crippen LogP contribution in [0.3, 0.4) is 0 Å². The summed E-state index contributed by atoms with van der Waals surface area (Å²) in [6, 6.07) is 0. The molecule has 11 heavy (non-hydrogen) atoms. The highest BCUT2D eigenvalue weighted by Crippen LogP contribution is 1.90. The molecular formula is C5H12N2O4. The first-order valence-corrected chi connectivity index (χ1v) is 3.07. The molecule has 6 heteroatoms. The van der Waals surface area contributed by atoms with Gasteiger partial charge in [0, 0.05) is 6.54 Å². The number of aliphatic hydroxyl groups excluding tert-OH is 3. The van der Waals surface area contributed by atoms with Crippen molar-refractivity contribution < 1.29 is 20.1 Å². The lowest BCUT2D eigenvalue weighted by atomic mass is 10.1. The molecule has 0 aliphatic rings. The standard InChI is InChI=1S/C5H12N2O4/c6-7-1-3(9)5(11)4(10)2-8/h3-4,7-10H,1-2,6H2/t3-,4+/m0/s1. The van der Waals surface area contributed by atoms with Crippen molar-refractivity contribution in [1.29, 1.82) is 0 Å². The highest BCUT2D eigenvalue weighted by Gasteiger charge is 2.21. The molecule has 0 fully saturated rings. The van der Waals surface area contributed by atoms with Gasteiger partial charge in [0.15, 0.2) is 5.78 Å². The van der Waals surface area contributed by atoms with Crippen LogP contribution in [0.15, 0.2) is 0 Å². The second-order valence-corrected chi connectivity index (χ2v) is 2.02. The van der Waals surface area contributed by atoms with Crippen molar-refractivity contribution in [3.05, 3.63) is 0 Å². The predicted molar refractivity (Wildman–Crippen MR) is 36.3 cm³/mol. The lowest BCUT2D eigenvalue weighted by molar-refractivity contribution is -0.137. The van der Waals surface area contributed by atoms with E-state index in [2.05, 4.69) is 5.43 Å². The highest BCUT2D eigenvalue weighted by atomic mass is 16.3. The molecule has 0 rings (SSSR count). The van der Waals surface area contributed by atoms with Crippen LogP contribution in [0.2, 0.25) is 0 Å². The minimum absolute atomic E-state index is 0.143. The van der Waals surface area contributed by atoms with Crippen LogP contribution >= 0.6 is 0 Å². The third-order valence-corrected chi connectivity index (χ3v) is 1.14. The molecule has 0 aromatic heterocycles. The van der Waals surface area contributed by atoms with E-state index in [1.165, 1.54) is 0 Å². The Labute approximate surface area is 63.6 Å². The fourth-order valence-electron chi connectivity index (χ4n) is 0.524. The van der Waals surface area contributed by atoms with Gasteiger partial charge in [0.05, 0.1) is 6.61 Å².